The molecule has 8 aromatic rings. The van der Waals surface area contributed by atoms with E-state index in [0.29, 0.717) is 13.1 Å². The molecule has 1 N–H and O–H groups in total. The summed E-state index contributed by atoms with van der Waals surface area (Å²) in [6.45, 7) is 5.27. The van der Waals surface area contributed by atoms with Crippen LogP contribution >= 0.6 is 23.2 Å². The molecule has 0 amide bonds. The normalized spacial score (nSPS) is 11.3. The van der Waals surface area contributed by atoms with Crippen molar-refractivity contribution in [1.82, 2.24) is 19.1 Å². The smallest absolute Gasteiger partial charge is 1.00 e. The van der Waals surface area contributed by atoms with Crippen LogP contribution in [0.2, 0.25) is 10.0 Å². The largest absolute Gasteiger partial charge is 1.00 e. The van der Waals surface area contributed by atoms with Gasteiger partial charge in [0.25, 0.3) is 6.47 Å². The molecule has 0 radical (unpaired) electrons. The third kappa shape index (κ3) is 15.3. The van der Waals surface area contributed by atoms with Crippen molar-refractivity contribution in [2.24, 2.45) is 0 Å². The number of rotatable bonds is 15. The van der Waals surface area contributed by atoms with E-state index in [1.54, 1.807) is 14.2 Å². The average molecular weight is 1020 g/mol. The number of hydrogen-bond donors (Lipinski definition) is 1. The first-order chi connectivity index (χ1) is 32.4. The van der Waals surface area contributed by atoms with Crippen LogP contribution in [0.4, 0.5) is 0 Å². The van der Waals surface area contributed by atoms with Crippen molar-refractivity contribution in [3.8, 4) is 11.5 Å². The van der Waals surface area contributed by atoms with Crippen molar-refractivity contribution < 1.29 is 148 Å². The summed E-state index contributed by atoms with van der Waals surface area (Å²) in [6, 6.07) is 43.2. The van der Waals surface area contributed by atoms with Crippen molar-refractivity contribution in [2.45, 2.75) is 51.6 Å². The second-order valence-electron chi connectivity index (χ2n) is 15.4. The summed E-state index contributed by atoms with van der Waals surface area (Å²) >= 11 is 12.9. The van der Waals surface area contributed by atoms with Crippen molar-refractivity contribution >= 4 is 63.7 Å². The first-order valence-electron chi connectivity index (χ1n) is 21.1. The number of carbonyl (C=O) groups is 3. The van der Waals surface area contributed by atoms with Gasteiger partial charge in [0.05, 0.1) is 69.3 Å². The Labute approximate surface area is 497 Å². The summed E-state index contributed by atoms with van der Waals surface area (Å²) < 4.78 is 19.9. The van der Waals surface area contributed by atoms with Gasteiger partial charge in [0.2, 0.25) is 0 Å². The van der Waals surface area contributed by atoms with Crippen molar-refractivity contribution in [3.05, 3.63) is 189 Å². The van der Waals surface area contributed by atoms with Crippen LogP contribution in [0, 0.1) is 0 Å². The number of methoxy groups -OCH3 is 3. The summed E-state index contributed by atoms with van der Waals surface area (Å²) in [6.07, 6.45) is 0.273. The molecule has 348 valence electrons. The first-order valence-corrected chi connectivity index (χ1v) is 21.9. The Morgan fingerprint density at radius 3 is 1.39 bits per heavy atom. The maximum absolute atomic E-state index is 11.6. The molecule has 17 heteroatoms. The standard InChI is InChI=1S/C26H25ClN2O3.C25H23ClN2O3.CH2O3.2K.H/c1-17(19-10-8-18(9-11-19)14-25(30)32-3)26-28-23-15-21(31-2)12-13-24(23)29(26)16-20-6-4-5-7-22(20)27;1-16(18-9-7-17(8-10-18)13-24(29)30)25-27-22-14-20(31-2)11-12-23(22)28(25)15-19-5-3-4-6-21(19)26;2-1-4-3;;;/h4-13,15,17H,14,16H2,1-3H3;3-12,14,16H,13,15H2,1-2H3,(H,29,30);1,3H;;;/q;;;2*+1;-1/p-1. The number of ether oxygens (including phenoxy) is 3. The van der Waals surface area contributed by atoms with E-state index in [1.165, 1.54) is 7.11 Å². The van der Waals surface area contributed by atoms with E-state index >= 15 is 0 Å². The monoisotopic (exact) mass is 1020 g/mol. The zero-order chi connectivity index (χ0) is 48.0. The number of hydrogen-bond acceptors (Lipinski definition) is 10. The van der Waals surface area contributed by atoms with E-state index in [-0.39, 0.29) is 141 Å². The number of halogens is 2. The number of fused-ring (bicyclic) bond motifs is 2. The number of aliphatic carboxylic acids is 1. The fourth-order valence-electron chi connectivity index (χ4n) is 7.66. The SMILES string of the molecule is COC(=O)Cc1ccc(C(C)c2nc3cc(OC)ccc3n2Cc2ccccc2Cl)cc1.COc1ccc2c(c1)nc(C(C)c1ccc(CC(=O)O)cc1)n2Cc1ccccc1Cl.O=CO[O-].[H-].[K+].[K+]. The first kappa shape index (κ1) is 57.7. The van der Waals surface area contributed by atoms with Gasteiger partial charge < -0.3 is 40.0 Å². The predicted octanol–water partition coefficient (Wildman–Crippen LogP) is 3.69. The molecule has 0 saturated carbocycles. The number of imidazole rings is 2. The molecule has 2 aromatic heterocycles. The predicted molar refractivity (Wildman–Crippen MR) is 257 cm³/mol. The van der Waals surface area contributed by atoms with Gasteiger partial charge in [-0.1, -0.05) is 122 Å². The minimum absolute atomic E-state index is 0. The van der Waals surface area contributed by atoms with Gasteiger partial charge in [-0.15, -0.1) is 0 Å². The van der Waals surface area contributed by atoms with Crippen LogP contribution < -0.4 is 118 Å². The third-order valence-corrected chi connectivity index (χ3v) is 12.0. The van der Waals surface area contributed by atoms with Gasteiger partial charge in [-0.25, -0.2) is 9.97 Å². The molecule has 69 heavy (non-hydrogen) atoms. The molecule has 2 unspecified atom stereocenters. The maximum atomic E-state index is 11.6. The quantitative estimate of drug-likeness (QED) is 0.0524. The zero-order valence-corrected chi connectivity index (χ0v) is 47.3. The Hall–Kier alpha value is -3.92. The van der Waals surface area contributed by atoms with Crippen molar-refractivity contribution in [2.75, 3.05) is 21.3 Å². The van der Waals surface area contributed by atoms with E-state index in [1.807, 2.05) is 133 Å². The van der Waals surface area contributed by atoms with E-state index in [2.05, 4.69) is 27.9 Å². The Morgan fingerprint density at radius 1 is 0.652 bits per heavy atom. The Balaban J connectivity index is 0.000000331. The topological polar surface area (TPSA) is 167 Å². The van der Waals surface area contributed by atoms with E-state index in [4.69, 9.17) is 62.5 Å². The second kappa shape index (κ2) is 28.2. The molecule has 0 aliphatic carbocycles. The number of esters is 1. The minimum Gasteiger partial charge on any atom is -1.00 e. The maximum Gasteiger partial charge on any atom is 1.00 e. The van der Waals surface area contributed by atoms with Gasteiger partial charge in [0.15, 0.2) is 0 Å². The van der Waals surface area contributed by atoms with E-state index in [0.717, 1.165) is 88.6 Å². The molecule has 0 aliphatic rings. The number of aromatic nitrogens is 4. The fourth-order valence-corrected chi connectivity index (χ4v) is 8.05. The summed E-state index contributed by atoms with van der Waals surface area (Å²) in [5, 5.41) is 18.9. The Bertz CT molecular complexity index is 2970. The molecule has 13 nitrogen and oxygen atoms in total. The number of carbonyl (C=O) groups excluding carboxylic acids is 2. The Morgan fingerprint density at radius 2 is 1.04 bits per heavy atom. The van der Waals surface area contributed by atoms with Gasteiger partial charge in [-0.3, -0.25) is 14.4 Å². The third-order valence-electron chi connectivity index (χ3n) is 11.2. The van der Waals surface area contributed by atoms with E-state index in [9.17, 15) is 9.59 Å². The average Bonchev–Trinajstić information content (AvgIpc) is 3.89. The summed E-state index contributed by atoms with van der Waals surface area (Å²) in [5.41, 5.74) is 9.69. The molecule has 0 fully saturated rings. The molecule has 2 atom stereocenters. The Kier molecular flexibility index (Phi) is 23.6. The van der Waals surface area contributed by atoms with Crippen LogP contribution in [0.3, 0.4) is 0 Å². The van der Waals surface area contributed by atoms with Gasteiger partial charge in [0.1, 0.15) is 23.1 Å². The molecule has 8 rings (SSSR count). The van der Waals surface area contributed by atoms with Gasteiger partial charge in [-0.05, 0) is 69.8 Å². The summed E-state index contributed by atoms with van der Waals surface area (Å²) in [5.74, 6) is 2.32. The fraction of sp³-hybridized carbons (Fsp3) is 0.212. The van der Waals surface area contributed by atoms with E-state index < -0.39 is 5.97 Å². The molecular formula is C52H50Cl2K2N4O9. The summed E-state index contributed by atoms with van der Waals surface area (Å²) in [4.78, 5) is 43.7. The van der Waals surface area contributed by atoms with Gasteiger partial charge in [-0.2, -0.15) is 0 Å². The van der Waals surface area contributed by atoms with Crippen LogP contribution in [0.25, 0.3) is 22.1 Å². The molecule has 6 aromatic carbocycles. The molecule has 0 aliphatic heterocycles. The van der Waals surface area contributed by atoms with Crippen LogP contribution in [0.5, 0.6) is 11.5 Å². The summed E-state index contributed by atoms with van der Waals surface area (Å²) in [7, 11) is 4.70. The van der Waals surface area contributed by atoms with Crippen LogP contribution in [0.15, 0.2) is 133 Å². The van der Waals surface area contributed by atoms with Crippen LogP contribution in [0.1, 0.15) is 72.1 Å². The minimum atomic E-state index is -0.837. The number of carboxylic acid groups (broad SMARTS) is 1. The molecule has 0 bridgehead atoms. The van der Waals surface area contributed by atoms with Crippen LogP contribution in [-0.2, 0) is 49.9 Å². The molecule has 2 heterocycles. The van der Waals surface area contributed by atoms with Crippen LogP contribution in [-0.4, -0.2) is 63.9 Å². The van der Waals surface area contributed by atoms with Gasteiger partial charge >= 0.3 is 115 Å². The van der Waals surface area contributed by atoms with Crippen molar-refractivity contribution in [3.63, 3.8) is 0 Å². The van der Waals surface area contributed by atoms with Crippen molar-refractivity contribution in [1.29, 1.82) is 0 Å². The second-order valence-corrected chi connectivity index (χ2v) is 16.3. The zero-order valence-electron chi connectivity index (χ0n) is 40.5. The number of carboxylic acids is 1. The molecule has 0 spiro atoms. The molecule has 0 saturated heterocycles. The molecular weight excluding hydrogens is 974 g/mol. The van der Waals surface area contributed by atoms with Gasteiger partial charge in [0, 0.05) is 34.0 Å². The number of benzene rings is 6. The number of nitrogens with zero attached hydrogens (tertiary/aromatic N) is 4.